The van der Waals surface area contributed by atoms with Gasteiger partial charge in [0.25, 0.3) is 0 Å². The van der Waals surface area contributed by atoms with E-state index in [4.69, 9.17) is 37.4 Å². The fraction of sp³-hybridized carbons (Fsp3) is 0.880. The molecule has 9 heteroatoms. The normalized spacial score (nSPS) is 29.6. The number of ether oxygens (including phenoxy) is 3. The third-order valence-electron chi connectivity index (χ3n) is 7.30. The minimum atomic E-state index is -2.22. The summed E-state index contributed by atoms with van der Waals surface area (Å²) in [6, 6.07) is 0. The van der Waals surface area contributed by atoms with E-state index in [9.17, 15) is 19.5 Å². The zero-order valence-corrected chi connectivity index (χ0v) is 22.7. The lowest BCUT2D eigenvalue weighted by Crippen LogP contribution is -2.59. The van der Waals surface area contributed by atoms with E-state index in [2.05, 4.69) is 20.8 Å². The first kappa shape index (κ1) is 29.2. The van der Waals surface area contributed by atoms with Gasteiger partial charge >= 0.3 is 17.9 Å². The van der Waals surface area contributed by atoms with Gasteiger partial charge < -0.3 is 19.3 Å². The van der Waals surface area contributed by atoms with E-state index in [-0.39, 0.29) is 18.3 Å². The molecule has 1 saturated heterocycles. The van der Waals surface area contributed by atoms with Gasteiger partial charge in [0.2, 0.25) is 6.29 Å². The summed E-state index contributed by atoms with van der Waals surface area (Å²) in [5.74, 6) is -2.26. The lowest BCUT2D eigenvalue weighted by atomic mass is 9.74. The molecule has 1 aliphatic carbocycles. The average molecular weight is 523 g/mol. The van der Waals surface area contributed by atoms with Crippen LogP contribution in [0.5, 0.6) is 0 Å². The Balaban J connectivity index is 2.29. The van der Waals surface area contributed by atoms with Crippen molar-refractivity contribution in [3.63, 3.8) is 0 Å². The van der Waals surface area contributed by atoms with Gasteiger partial charge in [0, 0.05) is 6.42 Å². The van der Waals surface area contributed by atoms with Crippen LogP contribution in [0, 0.1) is 23.2 Å². The zero-order chi connectivity index (χ0) is 25.9. The van der Waals surface area contributed by atoms with Crippen molar-refractivity contribution in [2.45, 2.75) is 109 Å². The monoisotopic (exact) mass is 522 g/mol. The number of rotatable bonds is 9. The third-order valence-corrected chi connectivity index (χ3v) is 8.55. The van der Waals surface area contributed by atoms with Gasteiger partial charge in [0.15, 0.2) is 9.75 Å². The van der Waals surface area contributed by atoms with Gasteiger partial charge in [-0.25, -0.2) is 0 Å². The molecule has 0 radical (unpaired) electrons. The van der Waals surface area contributed by atoms with Crippen LogP contribution in [0.4, 0.5) is 0 Å². The van der Waals surface area contributed by atoms with E-state index in [1.165, 1.54) is 6.92 Å². The summed E-state index contributed by atoms with van der Waals surface area (Å²) in [6.45, 7) is 11.0. The Morgan fingerprint density at radius 2 is 1.68 bits per heavy atom. The molecule has 0 aromatic heterocycles. The molecule has 2 aliphatic rings. The maximum absolute atomic E-state index is 13.6. The van der Waals surface area contributed by atoms with Gasteiger partial charge in [-0.15, -0.1) is 23.2 Å². The molecule has 0 spiro atoms. The highest BCUT2D eigenvalue weighted by Crippen LogP contribution is 2.47. The number of hydrogen-bond acceptors (Lipinski definition) is 6. The Morgan fingerprint density at radius 1 is 1.03 bits per heavy atom. The molecule has 0 bridgehead atoms. The van der Waals surface area contributed by atoms with Crippen LogP contribution in [-0.2, 0) is 28.6 Å². The van der Waals surface area contributed by atoms with E-state index in [0.29, 0.717) is 25.4 Å². The predicted molar refractivity (Wildman–Crippen MR) is 130 cm³/mol. The van der Waals surface area contributed by atoms with Crippen LogP contribution < -0.4 is 0 Å². The van der Waals surface area contributed by atoms with Crippen molar-refractivity contribution in [2.75, 3.05) is 6.61 Å². The van der Waals surface area contributed by atoms with Crippen molar-refractivity contribution in [2.24, 2.45) is 23.2 Å². The van der Waals surface area contributed by atoms with Gasteiger partial charge in [0.1, 0.15) is 6.10 Å². The minimum Gasteiger partial charge on any atom is -0.480 e. The largest absolute Gasteiger partial charge is 0.480 e. The van der Waals surface area contributed by atoms with Crippen LogP contribution in [-0.4, -0.2) is 51.8 Å². The van der Waals surface area contributed by atoms with Crippen LogP contribution >= 0.6 is 23.2 Å². The Kier molecular flexibility index (Phi) is 9.73. The number of hydrogen-bond donors (Lipinski definition) is 1. The molecule has 34 heavy (non-hydrogen) atoms. The second kappa shape index (κ2) is 11.3. The quantitative estimate of drug-likeness (QED) is 0.313. The molecule has 1 N–H and O–H groups in total. The molecule has 0 amide bonds. The highest BCUT2D eigenvalue weighted by molar-refractivity contribution is 6.47. The Labute approximate surface area is 213 Å². The van der Waals surface area contributed by atoms with Crippen LogP contribution in [0.15, 0.2) is 0 Å². The predicted octanol–water partition coefficient (Wildman–Crippen LogP) is 5.54. The van der Waals surface area contributed by atoms with Gasteiger partial charge in [0.05, 0.1) is 12.0 Å². The van der Waals surface area contributed by atoms with Crippen molar-refractivity contribution in [3.05, 3.63) is 0 Å². The molecule has 6 unspecified atom stereocenters. The number of carboxylic acid groups (broad SMARTS) is 1. The number of halogens is 2. The molecule has 1 aliphatic heterocycles. The van der Waals surface area contributed by atoms with Crippen LogP contribution in [0.25, 0.3) is 0 Å². The summed E-state index contributed by atoms with van der Waals surface area (Å²) < 4.78 is 16.9. The smallest absolute Gasteiger partial charge is 0.329 e. The summed E-state index contributed by atoms with van der Waals surface area (Å²) in [6.07, 6.45) is 3.50. The summed E-state index contributed by atoms with van der Waals surface area (Å²) in [5.41, 5.74) is -1.33. The maximum Gasteiger partial charge on any atom is 0.329 e. The number of carboxylic acids is 1. The van der Waals surface area contributed by atoms with Crippen LogP contribution in [0.2, 0.25) is 0 Å². The topological polar surface area (TPSA) is 99.1 Å². The molecule has 196 valence electrons. The van der Waals surface area contributed by atoms with Crippen LogP contribution in [0.1, 0.15) is 86.5 Å². The number of carbonyl (C=O) groups excluding carboxylic acids is 2. The second-order valence-corrected chi connectivity index (χ2v) is 12.5. The van der Waals surface area contributed by atoms with Crippen LogP contribution in [0.3, 0.4) is 0 Å². The van der Waals surface area contributed by atoms with Gasteiger partial charge in [-0.2, -0.15) is 0 Å². The molecule has 0 aromatic rings. The number of alkyl halides is 2. The van der Waals surface area contributed by atoms with Gasteiger partial charge in [-0.1, -0.05) is 27.2 Å². The van der Waals surface area contributed by atoms with E-state index in [0.717, 1.165) is 25.7 Å². The summed E-state index contributed by atoms with van der Waals surface area (Å²) in [4.78, 5) is 34.2. The summed E-state index contributed by atoms with van der Waals surface area (Å²) in [5, 5.41) is 9.85. The van der Waals surface area contributed by atoms with Crippen molar-refractivity contribution >= 4 is 41.1 Å². The number of esters is 2. The first-order valence-electron chi connectivity index (χ1n) is 12.3. The van der Waals surface area contributed by atoms with E-state index < -0.39 is 45.5 Å². The van der Waals surface area contributed by atoms with Crippen molar-refractivity contribution in [1.29, 1.82) is 0 Å². The molecule has 1 saturated carbocycles. The van der Waals surface area contributed by atoms with E-state index >= 15 is 0 Å². The zero-order valence-electron chi connectivity index (χ0n) is 21.2. The molecule has 1 heterocycles. The molecule has 7 nitrogen and oxygen atoms in total. The van der Waals surface area contributed by atoms with E-state index in [1.807, 2.05) is 0 Å². The second-order valence-electron chi connectivity index (χ2n) is 11.1. The Morgan fingerprint density at radius 3 is 2.21 bits per heavy atom. The molecule has 6 atom stereocenters. The molecular formula is C25H40Cl2O7. The Hall–Kier alpha value is -1.05. The molecule has 2 rings (SSSR count). The Bertz CT molecular complexity index is 746. The fourth-order valence-corrected chi connectivity index (χ4v) is 5.45. The lowest BCUT2D eigenvalue weighted by Gasteiger charge is -2.42. The first-order chi connectivity index (χ1) is 15.6. The molecular weight excluding hydrogens is 483 g/mol. The SMILES string of the molecule is CC1CCC(C(C)C)C(OC(=O)C(Cl)(CC(C)(C)C(=O)OC2CCCCO2)C(C)(Cl)C(=O)O)C1. The average Bonchev–Trinajstić information content (AvgIpc) is 2.73. The maximum atomic E-state index is 13.6. The highest BCUT2D eigenvalue weighted by Gasteiger charge is 2.61. The van der Waals surface area contributed by atoms with Crippen molar-refractivity contribution in [1.82, 2.24) is 0 Å². The number of aliphatic carboxylic acids is 1. The van der Waals surface area contributed by atoms with E-state index in [1.54, 1.807) is 13.8 Å². The molecule has 0 aromatic carbocycles. The van der Waals surface area contributed by atoms with Gasteiger partial charge in [-0.05, 0) is 70.6 Å². The first-order valence-corrected chi connectivity index (χ1v) is 13.0. The summed E-state index contributed by atoms with van der Waals surface area (Å²) >= 11 is 13.2. The standard InChI is InChI=1S/C25H40Cl2O7/c1-15(2)17-11-10-16(3)13-18(17)33-22(31)25(27,24(6,26)20(28)29)14-23(4,5)21(30)34-19-9-7-8-12-32-19/h15-19H,7-14H2,1-6H3,(H,28,29). The minimum absolute atomic E-state index is 0.133. The van der Waals surface area contributed by atoms with Crippen molar-refractivity contribution in [3.8, 4) is 0 Å². The van der Waals surface area contributed by atoms with Gasteiger partial charge in [-0.3, -0.25) is 14.4 Å². The number of carbonyl (C=O) groups is 3. The van der Waals surface area contributed by atoms with Crippen molar-refractivity contribution < 1.29 is 33.7 Å². The highest BCUT2D eigenvalue weighted by atomic mass is 35.5. The third kappa shape index (κ3) is 6.58. The summed E-state index contributed by atoms with van der Waals surface area (Å²) in [7, 11) is 0. The fourth-order valence-electron chi connectivity index (χ4n) is 4.84. The lowest BCUT2D eigenvalue weighted by molar-refractivity contribution is -0.197. The molecule has 2 fully saturated rings.